The van der Waals surface area contributed by atoms with Crippen LogP contribution in [0.4, 0.5) is 5.69 Å². The Morgan fingerprint density at radius 1 is 1.36 bits per heavy atom. The van der Waals surface area contributed by atoms with Crippen LogP contribution in [0.5, 0.6) is 0 Å². The monoisotopic (exact) mass is 193 g/mol. The van der Waals surface area contributed by atoms with Crippen molar-refractivity contribution in [1.29, 1.82) is 0 Å². The molecule has 1 aromatic carbocycles. The average molecular weight is 193 g/mol. The second-order valence-electron chi connectivity index (χ2n) is 2.94. The molecule has 74 valence electrons. The molecule has 0 fully saturated rings. The van der Waals surface area contributed by atoms with Gasteiger partial charge in [0, 0.05) is 26.2 Å². The summed E-state index contributed by atoms with van der Waals surface area (Å²) in [7, 11) is 3.61. The minimum atomic E-state index is -0.424. The Balaban J connectivity index is 2.78. The lowest BCUT2D eigenvalue weighted by Gasteiger charge is -2.01. The number of hydrazone groups is 1. The van der Waals surface area contributed by atoms with E-state index < -0.39 is 4.92 Å². The molecule has 0 radical (unpaired) electrons. The third-order valence-corrected chi connectivity index (χ3v) is 1.54. The summed E-state index contributed by atoms with van der Waals surface area (Å²) in [5, 5.41) is 16.0. The van der Waals surface area contributed by atoms with Gasteiger partial charge in [-0.2, -0.15) is 5.10 Å². The molecule has 0 bridgehead atoms. The van der Waals surface area contributed by atoms with E-state index in [1.807, 2.05) is 14.1 Å². The first kappa shape index (κ1) is 10.2. The molecular formula is C9H11N3O2. The van der Waals surface area contributed by atoms with Crippen LogP contribution in [0, 0.1) is 10.1 Å². The van der Waals surface area contributed by atoms with E-state index in [-0.39, 0.29) is 5.69 Å². The van der Waals surface area contributed by atoms with Crippen LogP contribution in [-0.2, 0) is 0 Å². The molecule has 0 amide bonds. The zero-order chi connectivity index (χ0) is 10.6. The van der Waals surface area contributed by atoms with Crippen molar-refractivity contribution in [2.45, 2.75) is 0 Å². The molecule has 0 atom stereocenters. The van der Waals surface area contributed by atoms with Gasteiger partial charge in [0.15, 0.2) is 0 Å². The number of nitrogens with zero attached hydrogens (tertiary/aromatic N) is 3. The van der Waals surface area contributed by atoms with Crippen LogP contribution in [0.25, 0.3) is 0 Å². The fourth-order valence-corrected chi connectivity index (χ4v) is 0.864. The molecule has 0 aromatic heterocycles. The van der Waals surface area contributed by atoms with Gasteiger partial charge in [-0.25, -0.2) is 0 Å². The van der Waals surface area contributed by atoms with Crippen LogP contribution in [0.1, 0.15) is 5.56 Å². The standard InChI is InChI=1S/C9H11N3O2/c1-11(2)10-7-8-3-5-9(6-4-8)12(13)14/h3-7H,1-2H3/b10-7+. The van der Waals surface area contributed by atoms with E-state index in [0.29, 0.717) is 0 Å². The number of benzene rings is 1. The Bertz CT molecular complexity index is 344. The summed E-state index contributed by atoms with van der Waals surface area (Å²) >= 11 is 0. The molecular weight excluding hydrogens is 182 g/mol. The molecule has 1 aromatic rings. The van der Waals surface area contributed by atoms with Crippen molar-refractivity contribution in [3.05, 3.63) is 39.9 Å². The first-order valence-corrected chi connectivity index (χ1v) is 4.05. The van der Waals surface area contributed by atoms with Gasteiger partial charge in [-0.1, -0.05) is 0 Å². The highest BCUT2D eigenvalue weighted by molar-refractivity contribution is 5.79. The second kappa shape index (κ2) is 4.36. The van der Waals surface area contributed by atoms with E-state index in [1.54, 1.807) is 23.4 Å². The van der Waals surface area contributed by atoms with Crippen molar-refractivity contribution in [2.75, 3.05) is 14.1 Å². The number of non-ortho nitro benzene ring substituents is 1. The van der Waals surface area contributed by atoms with E-state index >= 15 is 0 Å². The van der Waals surface area contributed by atoms with Crippen molar-refractivity contribution < 1.29 is 4.92 Å². The Hall–Kier alpha value is -1.91. The molecule has 0 aliphatic heterocycles. The number of hydrogen-bond donors (Lipinski definition) is 0. The molecule has 0 spiro atoms. The molecule has 5 heteroatoms. The van der Waals surface area contributed by atoms with Crippen LogP contribution in [0.3, 0.4) is 0 Å². The Morgan fingerprint density at radius 3 is 2.36 bits per heavy atom. The van der Waals surface area contributed by atoms with Crippen LogP contribution in [-0.4, -0.2) is 30.2 Å². The van der Waals surface area contributed by atoms with E-state index in [4.69, 9.17) is 0 Å². The smallest absolute Gasteiger partial charge is 0.269 e. The number of hydrogen-bond acceptors (Lipinski definition) is 4. The lowest BCUT2D eigenvalue weighted by atomic mass is 10.2. The zero-order valence-corrected chi connectivity index (χ0v) is 8.04. The molecule has 0 N–H and O–H groups in total. The van der Waals surface area contributed by atoms with E-state index in [2.05, 4.69) is 5.10 Å². The quantitative estimate of drug-likeness (QED) is 0.415. The third kappa shape index (κ3) is 2.85. The van der Waals surface area contributed by atoms with Gasteiger partial charge in [-0.15, -0.1) is 0 Å². The van der Waals surface area contributed by atoms with Crippen molar-refractivity contribution >= 4 is 11.9 Å². The summed E-state index contributed by atoms with van der Waals surface area (Å²) < 4.78 is 0. The summed E-state index contributed by atoms with van der Waals surface area (Å²) in [5.74, 6) is 0. The van der Waals surface area contributed by atoms with Gasteiger partial charge in [-0.3, -0.25) is 10.1 Å². The third-order valence-electron chi connectivity index (χ3n) is 1.54. The first-order valence-electron chi connectivity index (χ1n) is 4.05. The van der Waals surface area contributed by atoms with Gasteiger partial charge < -0.3 is 5.01 Å². The van der Waals surface area contributed by atoms with Crippen molar-refractivity contribution in [1.82, 2.24) is 5.01 Å². The molecule has 14 heavy (non-hydrogen) atoms. The average Bonchev–Trinajstić information content (AvgIpc) is 2.15. The second-order valence-corrected chi connectivity index (χ2v) is 2.94. The Labute approximate surface area is 81.8 Å². The SMILES string of the molecule is CN(C)/N=C/c1ccc([N+](=O)[O-])cc1. The normalized spacial score (nSPS) is 10.4. The van der Waals surface area contributed by atoms with Gasteiger partial charge in [0.05, 0.1) is 11.1 Å². The highest BCUT2D eigenvalue weighted by atomic mass is 16.6. The fourth-order valence-electron chi connectivity index (χ4n) is 0.864. The van der Waals surface area contributed by atoms with Crippen LogP contribution < -0.4 is 0 Å². The highest BCUT2D eigenvalue weighted by Gasteiger charge is 2.02. The zero-order valence-electron chi connectivity index (χ0n) is 8.04. The molecule has 5 nitrogen and oxygen atoms in total. The lowest BCUT2D eigenvalue weighted by Crippen LogP contribution is -2.01. The summed E-state index contributed by atoms with van der Waals surface area (Å²) in [6.07, 6.45) is 1.64. The van der Waals surface area contributed by atoms with Crippen LogP contribution in [0.2, 0.25) is 0 Å². The van der Waals surface area contributed by atoms with Gasteiger partial charge in [0.25, 0.3) is 5.69 Å². The maximum atomic E-state index is 10.3. The molecule has 1 rings (SSSR count). The molecule has 0 aliphatic carbocycles. The summed E-state index contributed by atoms with van der Waals surface area (Å²) in [6.45, 7) is 0. The predicted molar refractivity (Wildman–Crippen MR) is 54.4 cm³/mol. The number of rotatable bonds is 3. The van der Waals surface area contributed by atoms with Gasteiger partial charge >= 0.3 is 0 Å². The minimum absolute atomic E-state index is 0.0898. The Morgan fingerprint density at radius 2 is 1.93 bits per heavy atom. The highest BCUT2D eigenvalue weighted by Crippen LogP contribution is 2.10. The fraction of sp³-hybridized carbons (Fsp3) is 0.222. The molecule has 0 saturated carbocycles. The van der Waals surface area contributed by atoms with Crippen molar-refractivity contribution in [3.63, 3.8) is 0 Å². The van der Waals surface area contributed by atoms with Crippen molar-refractivity contribution in [2.24, 2.45) is 5.10 Å². The van der Waals surface area contributed by atoms with E-state index in [1.165, 1.54) is 12.1 Å². The van der Waals surface area contributed by atoms with Gasteiger partial charge in [-0.05, 0) is 17.7 Å². The van der Waals surface area contributed by atoms with Crippen LogP contribution in [0.15, 0.2) is 29.4 Å². The Kier molecular flexibility index (Phi) is 3.17. The maximum Gasteiger partial charge on any atom is 0.269 e. The molecule has 0 heterocycles. The maximum absolute atomic E-state index is 10.3. The number of nitro groups is 1. The van der Waals surface area contributed by atoms with Crippen molar-refractivity contribution in [3.8, 4) is 0 Å². The summed E-state index contributed by atoms with van der Waals surface area (Å²) in [4.78, 5) is 9.92. The predicted octanol–water partition coefficient (Wildman–Crippen LogP) is 1.49. The van der Waals surface area contributed by atoms with Crippen LogP contribution >= 0.6 is 0 Å². The minimum Gasteiger partial charge on any atom is -0.303 e. The molecule has 0 aliphatic rings. The van der Waals surface area contributed by atoms with Gasteiger partial charge in [0.1, 0.15) is 0 Å². The van der Waals surface area contributed by atoms with Gasteiger partial charge in [0.2, 0.25) is 0 Å². The van der Waals surface area contributed by atoms with E-state index in [9.17, 15) is 10.1 Å². The number of nitro benzene ring substituents is 1. The summed E-state index contributed by atoms with van der Waals surface area (Å²) in [5.41, 5.74) is 0.927. The topological polar surface area (TPSA) is 58.7 Å². The molecule has 0 unspecified atom stereocenters. The molecule has 0 saturated heterocycles. The lowest BCUT2D eigenvalue weighted by molar-refractivity contribution is -0.384. The summed E-state index contributed by atoms with van der Waals surface area (Å²) in [6, 6.07) is 6.23. The largest absolute Gasteiger partial charge is 0.303 e. The first-order chi connectivity index (χ1) is 6.59. The van der Waals surface area contributed by atoms with E-state index in [0.717, 1.165) is 5.56 Å².